The van der Waals surface area contributed by atoms with E-state index in [0.717, 1.165) is 33.4 Å². The van der Waals surface area contributed by atoms with Crippen LogP contribution in [0.3, 0.4) is 0 Å². The lowest BCUT2D eigenvalue weighted by Crippen LogP contribution is -2.17. The lowest BCUT2D eigenvalue weighted by Gasteiger charge is -2.21. The van der Waals surface area contributed by atoms with Gasteiger partial charge in [0, 0.05) is 24.8 Å². The van der Waals surface area contributed by atoms with Crippen LogP contribution in [0.15, 0.2) is 71.4 Å². The molecule has 0 radical (unpaired) electrons. The van der Waals surface area contributed by atoms with Crippen molar-refractivity contribution in [2.24, 2.45) is 4.99 Å². The summed E-state index contributed by atoms with van der Waals surface area (Å²) < 4.78 is 0. The predicted molar refractivity (Wildman–Crippen MR) is 128 cm³/mol. The Hall–Kier alpha value is -4.46. The predicted octanol–water partition coefficient (Wildman–Crippen LogP) is 3.57. The Bertz CT molecular complexity index is 1390. The number of nitrogens with one attached hydrogen (secondary N) is 1. The van der Waals surface area contributed by atoms with E-state index in [-0.39, 0.29) is 11.7 Å². The zero-order valence-electron chi connectivity index (χ0n) is 18.2. The molecule has 0 saturated heterocycles. The maximum absolute atomic E-state index is 11.7. The van der Waals surface area contributed by atoms with Gasteiger partial charge in [0.15, 0.2) is 0 Å². The van der Waals surface area contributed by atoms with Crippen LogP contribution >= 0.6 is 0 Å². The minimum atomic E-state index is -0.207. The van der Waals surface area contributed by atoms with Crippen LogP contribution in [-0.4, -0.2) is 39.4 Å². The van der Waals surface area contributed by atoms with Crippen molar-refractivity contribution in [2.45, 2.75) is 13.5 Å². The molecular weight excluding hydrogens is 416 g/mol. The summed E-state index contributed by atoms with van der Waals surface area (Å²) in [5.41, 5.74) is 6.11. The Morgan fingerprint density at radius 2 is 1.76 bits per heavy atom. The maximum Gasteiger partial charge on any atom is 0.275 e. The molecule has 1 aliphatic rings. The molecule has 0 saturated carbocycles. The first-order chi connectivity index (χ1) is 16.0. The number of phenols is 1. The molecule has 1 aliphatic heterocycles. The summed E-state index contributed by atoms with van der Waals surface area (Å²) in [6.45, 7) is 2.48. The number of hydrogen-bond acceptors (Lipinski definition) is 6. The number of hydrogen-bond donors (Lipinski definition) is 2. The number of carbonyl (C=O) groups excluding carboxylic acids is 1. The lowest BCUT2D eigenvalue weighted by molar-refractivity contribution is -0.115. The molecule has 8 heteroatoms. The van der Waals surface area contributed by atoms with E-state index in [1.54, 1.807) is 6.08 Å². The molecule has 2 N–H and O–H groups in total. The van der Waals surface area contributed by atoms with Crippen LogP contribution in [0.25, 0.3) is 22.8 Å². The number of aromatic hydroxyl groups is 1. The van der Waals surface area contributed by atoms with E-state index < -0.39 is 0 Å². The van der Waals surface area contributed by atoms with Crippen LogP contribution in [0.2, 0.25) is 0 Å². The van der Waals surface area contributed by atoms with Gasteiger partial charge >= 0.3 is 0 Å². The third-order valence-electron chi connectivity index (χ3n) is 5.49. The van der Waals surface area contributed by atoms with Gasteiger partial charge in [0.05, 0.1) is 6.34 Å². The summed E-state index contributed by atoms with van der Waals surface area (Å²) in [4.78, 5) is 19.2. The van der Waals surface area contributed by atoms with E-state index in [1.165, 1.54) is 11.1 Å². The molecular formula is C25H22N6O2. The molecule has 164 valence electrons. The highest BCUT2D eigenvalue weighted by atomic mass is 16.3. The number of rotatable bonds is 5. The minimum absolute atomic E-state index is 0.152. The van der Waals surface area contributed by atoms with Crippen molar-refractivity contribution in [3.8, 4) is 11.4 Å². The van der Waals surface area contributed by atoms with Gasteiger partial charge in [0.25, 0.3) is 5.91 Å². The maximum atomic E-state index is 11.7. The summed E-state index contributed by atoms with van der Waals surface area (Å²) in [7, 11) is 1.96. The van der Waals surface area contributed by atoms with Crippen LogP contribution in [0.4, 0.5) is 5.69 Å². The fourth-order valence-electron chi connectivity index (χ4n) is 3.80. The van der Waals surface area contributed by atoms with Crippen LogP contribution in [0.5, 0.6) is 5.75 Å². The number of aryl methyl sites for hydroxylation is 1. The van der Waals surface area contributed by atoms with Gasteiger partial charge in [-0.15, -0.1) is 15.0 Å². The number of aliphatic imine (C=N–C) groups is 1. The molecule has 0 atom stereocenters. The van der Waals surface area contributed by atoms with Gasteiger partial charge in [-0.05, 0) is 54.5 Å². The molecule has 1 amide bonds. The van der Waals surface area contributed by atoms with Crippen molar-refractivity contribution < 1.29 is 9.90 Å². The van der Waals surface area contributed by atoms with Gasteiger partial charge in [-0.25, -0.2) is 4.99 Å². The lowest BCUT2D eigenvalue weighted by atomic mass is 10.1. The van der Waals surface area contributed by atoms with Crippen LogP contribution < -0.4 is 10.2 Å². The molecule has 0 fully saturated rings. The third-order valence-corrected chi connectivity index (χ3v) is 5.49. The second-order valence-corrected chi connectivity index (χ2v) is 7.98. The fourth-order valence-corrected chi connectivity index (χ4v) is 3.80. The molecule has 33 heavy (non-hydrogen) atoms. The topological polar surface area (TPSA) is 95.6 Å². The molecule has 0 aliphatic carbocycles. The SMILES string of the molecule is Cc1cc(CN(C)c2ccc(C=C3N=CNC3=O)cc2)c(O)c(-n2nc3ccccc3n2)c1. The van der Waals surface area contributed by atoms with Crippen molar-refractivity contribution in [1.82, 2.24) is 20.3 Å². The van der Waals surface area contributed by atoms with Gasteiger partial charge in [-0.2, -0.15) is 0 Å². The number of fused-ring (bicyclic) bond motifs is 1. The van der Waals surface area contributed by atoms with E-state index in [0.29, 0.717) is 17.9 Å². The number of nitrogens with zero attached hydrogens (tertiary/aromatic N) is 5. The molecule has 3 aromatic carbocycles. The van der Waals surface area contributed by atoms with Gasteiger partial charge in [0.1, 0.15) is 28.2 Å². The van der Waals surface area contributed by atoms with E-state index in [1.807, 2.05) is 79.5 Å². The summed E-state index contributed by atoms with van der Waals surface area (Å²) in [6, 6.07) is 19.3. The first-order valence-corrected chi connectivity index (χ1v) is 10.5. The number of benzene rings is 3. The Morgan fingerprint density at radius 1 is 1.06 bits per heavy atom. The molecule has 0 unspecified atom stereocenters. The molecule has 4 aromatic rings. The largest absolute Gasteiger partial charge is 0.505 e. The number of aromatic nitrogens is 3. The highest BCUT2D eigenvalue weighted by Crippen LogP contribution is 2.30. The van der Waals surface area contributed by atoms with Gasteiger partial charge in [-0.3, -0.25) is 4.79 Å². The molecule has 2 heterocycles. The highest BCUT2D eigenvalue weighted by molar-refractivity contribution is 6.08. The van der Waals surface area contributed by atoms with E-state index in [9.17, 15) is 9.90 Å². The van der Waals surface area contributed by atoms with Gasteiger partial charge in [-0.1, -0.05) is 30.3 Å². The van der Waals surface area contributed by atoms with Crippen molar-refractivity contribution >= 4 is 35.0 Å². The zero-order valence-corrected chi connectivity index (χ0v) is 18.2. The quantitative estimate of drug-likeness (QED) is 0.465. The molecule has 5 rings (SSSR count). The van der Waals surface area contributed by atoms with Crippen LogP contribution in [-0.2, 0) is 11.3 Å². The third kappa shape index (κ3) is 4.06. The molecule has 0 spiro atoms. The summed E-state index contributed by atoms with van der Waals surface area (Å²) in [6.07, 6.45) is 3.13. The smallest absolute Gasteiger partial charge is 0.275 e. The zero-order chi connectivity index (χ0) is 22.9. The normalized spacial score (nSPS) is 14.2. The molecule has 8 nitrogen and oxygen atoms in total. The standard InChI is InChI=1S/C25H22N6O2/c1-16-11-18(24(32)23(12-16)31-28-20-5-3-4-6-21(20)29-31)14-30(2)19-9-7-17(8-10-19)13-22-25(33)27-15-26-22/h3-13,15,32H,14H2,1-2H3,(H,26,27,33). The minimum Gasteiger partial charge on any atom is -0.505 e. The first-order valence-electron chi connectivity index (χ1n) is 10.5. The summed E-state index contributed by atoms with van der Waals surface area (Å²) >= 11 is 0. The Kier molecular flexibility index (Phi) is 5.10. The van der Waals surface area contributed by atoms with Gasteiger partial charge < -0.3 is 15.3 Å². The monoisotopic (exact) mass is 438 g/mol. The number of phenolic OH excluding ortho intramolecular Hbond substituents is 1. The highest BCUT2D eigenvalue weighted by Gasteiger charge is 2.16. The average molecular weight is 438 g/mol. The van der Waals surface area contributed by atoms with E-state index in [2.05, 4.69) is 20.5 Å². The van der Waals surface area contributed by atoms with Crippen molar-refractivity contribution in [1.29, 1.82) is 0 Å². The summed E-state index contributed by atoms with van der Waals surface area (Å²) in [5.74, 6) is -0.0549. The summed E-state index contributed by atoms with van der Waals surface area (Å²) in [5, 5.41) is 22.6. The second-order valence-electron chi connectivity index (χ2n) is 7.98. The van der Waals surface area contributed by atoms with Crippen LogP contribution in [0.1, 0.15) is 16.7 Å². The number of anilines is 1. The number of amides is 1. The van der Waals surface area contributed by atoms with Crippen molar-refractivity contribution in [3.63, 3.8) is 0 Å². The molecule has 1 aromatic heterocycles. The van der Waals surface area contributed by atoms with Crippen LogP contribution in [0, 0.1) is 6.92 Å². The van der Waals surface area contributed by atoms with Crippen molar-refractivity contribution in [3.05, 3.63) is 83.1 Å². The average Bonchev–Trinajstić information content (AvgIpc) is 3.42. The Morgan fingerprint density at radius 3 is 2.39 bits per heavy atom. The van der Waals surface area contributed by atoms with Crippen molar-refractivity contribution in [2.75, 3.05) is 11.9 Å². The molecule has 0 bridgehead atoms. The number of carbonyl (C=O) groups is 1. The Balaban J connectivity index is 1.40. The first kappa shape index (κ1) is 20.4. The van der Waals surface area contributed by atoms with E-state index >= 15 is 0 Å². The van der Waals surface area contributed by atoms with Gasteiger partial charge in [0.2, 0.25) is 0 Å². The Labute approximate surface area is 190 Å². The van der Waals surface area contributed by atoms with E-state index in [4.69, 9.17) is 0 Å². The fraction of sp³-hybridized carbons (Fsp3) is 0.120. The second kappa shape index (κ2) is 8.23.